The van der Waals surface area contributed by atoms with Gasteiger partial charge >= 0.3 is 0 Å². The molecule has 0 fully saturated rings. The molecule has 8 nitrogen and oxygen atoms in total. The molecule has 4 rings (SSSR count). The second kappa shape index (κ2) is 8.46. The lowest BCUT2D eigenvalue weighted by Gasteiger charge is -2.05. The minimum Gasteiger partial charge on any atom is -0.330 e. The Hall–Kier alpha value is -3.17. The summed E-state index contributed by atoms with van der Waals surface area (Å²) < 4.78 is 7.04. The number of hydrogen-bond acceptors (Lipinski definition) is 7. The number of amides is 1. The summed E-state index contributed by atoms with van der Waals surface area (Å²) in [7, 11) is 1.78. The SMILES string of the molecule is Cn1c(SCC(=O)Nc2ccc(Cl)cc2)nnc1-c1nc(-c2ccccc2)no1. The first kappa shape index (κ1) is 19.2. The topological polar surface area (TPSA) is 98.7 Å². The van der Waals surface area contributed by atoms with E-state index < -0.39 is 0 Å². The molecule has 0 saturated carbocycles. The van der Waals surface area contributed by atoms with E-state index in [9.17, 15) is 4.79 Å². The maximum Gasteiger partial charge on any atom is 0.296 e. The van der Waals surface area contributed by atoms with Crippen LogP contribution in [0.3, 0.4) is 0 Å². The Kier molecular flexibility index (Phi) is 5.59. The largest absolute Gasteiger partial charge is 0.330 e. The van der Waals surface area contributed by atoms with E-state index in [-0.39, 0.29) is 17.6 Å². The Morgan fingerprint density at radius 3 is 2.66 bits per heavy atom. The maximum absolute atomic E-state index is 12.2. The number of nitrogens with one attached hydrogen (secondary N) is 1. The number of rotatable bonds is 6. The molecule has 2 aromatic heterocycles. The molecule has 2 aromatic carbocycles. The molecule has 4 aromatic rings. The van der Waals surface area contributed by atoms with Crippen molar-refractivity contribution in [2.45, 2.75) is 5.16 Å². The minimum atomic E-state index is -0.161. The van der Waals surface area contributed by atoms with Gasteiger partial charge in [0.15, 0.2) is 5.16 Å². The van der Waals surface area contributed by atoms with Crippen LogP contribution in [0.4, 0.5) is 5.69 Å². The van der Waals surface area contributed by atoms with E-state index in [1.54, 1.807) is 35.9 Å². The standard InChI is InChI=1S/C19H15ClN6O2S/c1-26-17(18-22-16(25-28-18)12-5-3-2-4-6-12)23-24-19(26)29-11-15(27)21-14-9-7-13(20)8-10-14/h2-10H,11H2,1H3,(H,21,27). The van der Waals surface area contributed by atoms with Crippen LogP contribution in [0.1, 0.15) is 0 Å². The van der Waals surface area contributed by atoms with E-state index in [2.05, 4.69) is 25.7 Å². The van der Waals surface area contributed by atoms with E-state index in [0.29, 0.717) is 27.5 Å². The number of halogens is 1. The number of carbonyl (C=O) groups is 1. The quantitative estimate of drug-likeness (QED) is 0.466. The van der Waals surface area contributed by atoms with Crippen LogP contribution in [0, 0.1) is 0 Å². The van der Waals surface area contributed by atoms with Crippen LogP contribution < -0.4 is 5.32 Å². The predicted molar refractivity (Wildman–Crippen MR) is 111 cm³/mol. The van der Waals surface area contributed by atoms with E-state index in [4.69, 9.17) is 16.1 Å². The van der Waals surface area contributed by atoms with Gasteiger partial charge in [-0.05, 0) is 24.3 Å². The zero-order valence-corrected chi connectivity index (χ0v) is 16.8. The van der Waals surface area contributed by atoms with E-state index in [0.717, 1.165) is 5.56 Å². The van der Waals surface area contributed by atoms with Crippen molar-refractivity contribution in [3.8, 4) is 23.1 Å². The van der Waals surface area contributed by atoms with Crippen LogP contribution >= 0.6 is 23.4 Å². The Morgan fingerprint density at radius 2 is 1.90 bits per heavy atom. The van der Waals surface area contributed by atoms with Gasteiger partial charge in [0.05, 0.1) is 5.75 Å². The molecular formula is C19H15ClN6O2S. The molecule has 0 aliphatic carbocycles. The molecule has 146 valence electrons. The fourth-order valence-corrected chi connectivity index (χ4v) is 3.34. The van der Waals surface area contributed by atoms with Crippen molar-refractivity contribution in [2.24, 2.45) is 7.05 Å². The van der Waals surface area contributed by atoms with Gasteiger partial charge in [-0.2, -0.15) is 4.98 Å². The number of carbonyl (C=O) groups excluding carboxylic acids is 1. The molecule has 29 heavy (non-hydrogen) atoms. The number of benzene rings is 2. The number of hydrogen-bond donors (Lipinski definition) is 1. The maximum atomic E-state index is 12.2. The average molecular weight is 427 g/mol. The summed E-state index contributed by atoms with van der Waals surface area (Å²) in [5, 5.41) is 16.2. The molecule has 0 bridgehead atoms. The molecule has 0 atom stereocenters. The van der Waals surface area contributed by atoms with Crippen LogP contribution in [-0.4, -0.2) is 36.6 Å². The Balaban J connectivity index is 1.42. The molecule has 0 saturated heterocycles. The zero-order chi connectivity index (χ0) is 20.2. The summed E-state index contributed by atoms with van der Waals surface area (Å²) in [5.41, 5.74) is 1.52. The number of aromatic nitrogens is 5. The van der Waals surface area contributed by atoms with Gasteiger partial charge in [-0.25, -0.2) is 0 Å². The fourth-order valence-electron chi connectivity index (χ4n) is 2.51. The minimum absolute atomic E-state index is 0.161. The Bertz CT molecular complexity index is 1130. The van der Waals surface area contributed by atoms with Crippen molar-refractivity contribution in [3.05, 3.63) is 59.6 Å². The van der Waals surface area contributed by atoms with Crippen LogP contribution in [0.25, 0.3) is 23.1 Å². The molecular weight excluding hydrogens is 412 g/mol. The van der Waals surface area contributed by atoms with Crippen molar-refractivity contribution in [3.63, 3.8) is 0 Å². The molecule has 0 radical (unpaired) electrons. The lowest BCUT2D eigenvalue weighted by Crippen LogP contribution is -2.14. The van der Waals surface area contributed by atoms with Gasteiger partial charge in [0, 0.05) is 23.3 Å². The van der Waals surface area contributed by atoms with Crippen LogP contribution in [0.15, 0.2) is 64.3 Å². The summed E-state index contributed by atoms with van der Waals surface area (Å²) >= 11 is 7.10. The third kappa shape index (κ3) is 4.47. The molecule has 1 N–H and O–H groups in total. The summed E-state index contributed by atoms with van der Waals surface area (Å²) in [4.78, 5) is 16.5. The van der Waals surface area contributed by atoms with Crippen molar-refractivity contribution in [1.29, 1.82) is 0 Å². The van der Waals surface area contributed by atoms with E-state index in [1.807, 2.05) is 30.3 Å². The van der Waals surface area contributed by atoms with Gasteiger partial charge in [-0.15, -0.1) is 10.2 Å². The Morgan fingerprint density at radius 1 is 1.14 bits per heavy atom. The number of anilines is 1. The zero-order valence-electron chi connectivity index (χ0n) is 15.2. The van der Waals surface area contributed by atoms with E-state index in [1.165, 1.54) is 11.8 Å². The fraction of sp³-hybridized carbons (Fsp3) is 0.105. The van der Waals surface area contributed by atoms with Gasteiger partial charge in [0.25, 0.3) is 5.89 Å². The molecule has 2 heterocycles. The van der Waals surface area contributed by atoms with Crippen molar-refractivity contribution < 1.29 is 9.32 Å². The first-order chi connectivity index (χ1) is 14.1. The van der Waals surface area contributed by atoms with Crippen LogP contribution in [0.2, 0.25) is 5.02 Å². The predicted octanol–water partition coefficient (Wildman–Crippen LogP) is 3.92. The second-order valence-electron chi connectivity index (χ2n) is 6.00. The summed E-state index contributed by atoms with van der Waals surface area (Å²) in [6.45, 7) is 0. The smallest absolute Gasteiger partial charge is 0.296 e. The van der Waals surface area contributed by atoms with Gasteiger partial charge in [-0.3, -0.25) is 4.79 Å². The Labute approximate surface area is 175 Å². The first-order valence-corrected chi connectivity index (χ1v) is 9.93. The molecule has 10 heteroatoms. The van der Waals surface area contributed by atoms with Crippen molar-refractivity contribution in [2.75, 3.05) is 11.1 Å². The lowest BCUT2D eigenvalue weighted by atomic mass is 10.2. The highest BCUT2D eigenvalue weighted by atomic mass is 35.5. The van der Waals surface area contributed by atoms with Crippen molar-refractivity contribution in [1.82, 2.24) is 24.9 Å². The lowest BCUT2D eigenvalue weighted by molar-refractivity contribution is -0.113. The monoisotopic (exact) mass is 426 g/mol. The van der Waals surface area contributed by atoms with Gasteiger partial charge in [0.1, 0.15) is 0 Å². The summed E-state index contributed by atoms with van der Waals surface area (Å²) in [6, 6.07) is 16.4. The molecule has 0 spiro atoms. The molecule has 0 aliphatic heterocycles. The van der Waals surface area contributed by atoms with Crippen LogP contribution in [-0.2, 0) is 11.8 Å². The highest BCUT2D eigenvalue weighted by Gasteiger charge is 2.19. The highest BCUT2D eigenvalue weighted by Crippen LogP contribution is 2.24. The van der Waals surface area contributed by atoms with E-state index >= 15 is 0 Å². The van der Waals surface area contributed by atoms with Crippen molar-refractivity contribution >= 4 is 35.0 Å². The van der Waals surface area contributed by atoms with Crippen LogP contribution in [0.5, 0.6) is 0 Å². The number of thioether (sulfide) groups is 1. The van der Waals surface area contributed by atoms with Gasteiger partial charge in [0.2, 0.25) is 17.6 Å². The first-order valence-electron chi connectivity index (χ1n) is 8.57. The van der Waals surface area contributed by atoms with Gasteiger partial charge < -0.3 is 14.4 Å². The third-order valence-electron chi connectivity index (χ3n) is 3.94. The molecule has 1 amide bonds. The third-order valence-corrected chi connectivity index (χ3v) is 5.22. The second-order valence-corrected chi connectivity index (χ2v) is 7.38. The van der Waals surface area contributed by atoms with Gasteiger partial charge in [-0.1, -0.05) is 58.9 Å². The molecule has 0 aliphatic rings. The summed E-state index contributed by atoms with van der Waals surface area (Å²) in [5.74, 6) is 1.18. The normalized spacial score (nSPS) is 10.8. The number of nitrogens with zero attached hydrogens (tertiary/aromatic N) is 5. The molecule has 0 unspecified atom stereocenters. The summed E-state index contributed by atoms with van der Waals surface area (Å²) in [6.07, 6.45) is 0. The average Bonchev–Trinajstić information content (AvgIpc) is 3.36. The highest BCUT2D eigenvalue weighted by molar-refractivity contribution is 7.99.